The number of nitro groups is 1. The lowest BCUT2D eigenvalue weighted by atomic mass is 9.80. The Bertz CT molecular complexity index is 1480. The van der Waals surface area contributed by atoms with Crippen LogP contribution in [0, 0.1) is 22.0 Å². The first-order valence-electron chi connectivity index (χ1n) is 12.1. The topological polar surface area (TPSA) is 148 Å². The van der Waals surface area contributed by atoms with Crippen molar-refractivity contribution in [1.29, 1.82) is 0 Å². The highest BCUT2D eigenvalue weighted by atomic mass is 16.6. The number of amides is 2. The summed E-state index contributed by atoms with van der Waals surface area (Å²) in [6.45, 7) is 1.54. The highest BCUT2D eigenvalue weighted by Gasteiger charge is 2.67. The lowest BCUT2D eigenvalue weighted by Gasteiger charge is -2.28. The van der Waals surface area contributed by atoms with Gasteiger partial charge in [0.2, 0.25) is 11.8 Å². The molecule has 0 saturated carbocycles. The number of non-ortho nitro benzene ring substituents is 1. The van der Waals surface area contributed by atoms with Crippen molar-refractivity contribution in [2.45, 2.75) is 25.1 Å². The third kappa shape index (κ3) is 4.26. The van der Waals surface area contributed by atoms with Crippen molar-refractivity contribution in [1.82, 2.24) is 5.32 Å². The molecule has 11 heteroatoms. The molecule has 4 atom stereocenters. The number of rotatable bonds is 8. The Kier molecular flexibility index (Phi) is 6.52. The monoisotopic (exact) mass is 531 g/mol. The zero-order chi connectivity index (χ0) is 27.9. The molecule has 2 heterocycles. The van der Waals surface area contributed by atoms with E-state index in [1.807, 2.05) is 30.3 Å². The molecule has 2 N–H and O–H groups in total. The minimum absolute atomic E-state index is 0.00582. The number of aliphatic carboxylic acids is 1. The number of carbonyl (C=O) groups is 3. The highest BCUT2D eigenvalue weighted by Crippen LogP contribution is 2.52. The average Bonchev–Trinajstić information content (AvgIpc) is 3.40. The molecule has 4 unspecified atom stereocenters. The number of benzene rings is 3. The van der Waals surface area contributed by atoms with Crippen LogP contribution in [0.4, 0.5) is 11.4 Å². The largest absolute Gasteiger partial charge is 0.493 e. The summed E-state index contributed by atoms with van der Waals surface area (Å²) in [5.41, 5.74) is -0.771. The van der Waals surface area contributed by atoms with Gasteiger partial charge in [-0.1, -0.05) is 48.5 Å². The van der Waals surface area contributed by atoms with Crippen LogP contribution < -0.4 is 19.7 Å². The van der Waals surface area contributed by atoms with E-state index in [0.29, 0.717) is 17.1 Å². The second-order valence-electron chi connectivity index (χ2n) is 9.57. The predicted octanol–water partition coefficient (Wildman–Crippen LogP) is 3.48. The van der Waals surface area contributed by atoms with Gasteiger partial charge in [0.1, 0.15) is 12.1 Å². The van der Waals surface area contributed by atoms with E-state index >= 15 is 0 Å². The third-order valence-corrected chi connectivity index (χ3v) is 7.32. The van der Waals surface area contributed by atoms with Gasteiger partial charge in [-0.25, -0.2) is 4.90 Å². The number of carbonyl (C=O) groups excluding carboxylic acids is 2. The second kappa shape index (κ2) is 9.84. The normalized spacial score (nSPS) is 23.9. The lowest BCUT2D eigenvalue weighted by molar-refractivity contribution is -0.384. The number of methoxy groups -OCH3 is 1. The number of nitro benzene ring substituents is 1. The lowest BCUT2D eigenvalue weighted by Crippen LogP contribution is -2.53. The maximum Gasteiger partial charge on any atom is 0.324 e. The van der Waals surface area contributed by atoms with Crippen molar-refractivity contribution in [3.8, 4) is 11.5 Å². The minimum Gasteiger partial charge on any atom is -0.493 e. The molecule has 5 rings (SSSR count). The molecule has 2 aliphatic heterocycles. The summed E-state index contributed by atoms with van der Waals surface area (Å²) in [7, 11) is 1.47. The first-order valence-corrected chi connectivity index (χ1v) is 12.1. The molecular weight excluding hydrogens is 506 g/mol. The van der Waals surface area contributed by atoms with Crippen LogP contribution in [0.2, 0.25) is 0 Å². The van der Waals surface area contributed by atoms with Gasteiger partial charge in [-0.15, -0.1) is 0 Å². The number of carboxylic acid groups (broad SMARTS) is 1. The van der Waals surface area contributed by atoms with Crippen LogP contribution in [0.15, 0.2) is 72.8 Å². The van der Waals surface area contributed by atoms with Gasteiger partial charge >= 0.3 is 5.97 Å². The average molecular weight is 532 g/mol. The molecule has 0 bridgehead atoms. The molecule has 2 saturated heterocycles. The van der Waals surface area contributed by atoms with Crippen molar-refractivity contribution < 1.29 is 33.9 Å². The van der Waals surface area contributed by atoms with Crippen LogP contribution in [0.25, 0.3) is 0 Å². The van der Waals surface area contributed by atoms with Crippen LogP contribution >= 0.6 is 0 Å². The molecule has 0 aromatic heterocycles. The highest BCUT2D eigenvalue weighted by molar-refractivity contribution is 6.24. The molecule has 2 aliphatic rings. The van der Waals surface area contributed by atoms with Gasteiger partial charge in [0.15, 0.2) is 11.5 Å². The Morgan fingerprint density at radius 1 is 1.08 bits per heavy atom. The molecular formula is C28H25N3O8. The smallest absolute Gasteiger partial charge is 0.324 e. The predicted molar refractivity (Wildman–Crippen MR) is 138 cm³/mol. The van der Waals surface area contributed by atoms with Crippen molar-refractivity contribution >= 4 is 29.2 Å². The Morgan fingerprint density at radius 3 is 2.46 bits per heavy atom. The van der Waals surface area contributed by atoms with Crippen LogP contribution in [0.3, 0.4) is 0 Å². The summed E-state index contributed by atoms with van der Waals surface area (Å²) >= 11 is 0. The SMILES string of the molecule is COc1cccc(C2NC(C)(C(=O)O)C3C(=O)N(c4cccc([N+](=O)[O-])c4)C(=O)C23)c1OCc1ccccc1. The first-order chi connectivity index (χ1) is 18.7. The van der Waals surface area contributed by atoms with Crippen LogP contribution in [0.5, 0.6) is 11.5 Å². The summed E-state index contributed by atoms with van der Waals surface area (Å²) in [6.07, 6.45) is 0. The summed E-state index contributed by atoms with van der Waals surface area (Å²) in [4.78, 5) is 51.6. The fraction of sp³-hybridized carbons (Fsp3) is 0.250. The molecule has 0 radical (unpaired) electrons. The molecule has 0 spiro atoms. The summed E-state index contributed by atoms with van der Waals surface area (Å²) in [5, 5.41) is 24.5. The van der Waals surface area contributed by atoms with E-state index in [4.69, 9.17) is 9.47 Å². The Balaban J connectivity index is 1.59. The molecule has 2 fully saturated rings. The maximum atomic E-state index is 13.8. The van der Waals surface area contributed by atoms with Gasteiger partial charge in [0.05, 0.1) is 29.6 Å². The van der Waals surface area contributed by atoms with E-state index in [-0.39, 0.29) is 18.0 Å². The number of nitrogens with one attached hydrogen (secondary N) is 1. The number of para-hydroxylation sites is 1. The van der Waals surface area contributed by atoms with E-state index < -0.39 is 46.1 Å². The van der Waals surface area contributed by atoms with Crippen LogP contribution in [0.1, 0.15) is 24.1 Å². The van der Waals surface area contributed by atoms with Gasteiger partial charge in [-0.05, 0) is 24.6 Å². The number of carboxylic acids is 1. The summed E-state index contributed by atoms with van der Waals surface area (Å²) in [6, 6.07) is 18.7. The zero-order valence-electron chi connectivity index (χ0n) is 21.1. The van der Waals surface area contributed by atoms with Gasteiger partial charge in [-0.2, -0.15) is 0 Å². The molecule has 3 aromatic carbocycles. The molecule has 3 aromatic rings. The molecule has 39 heavy (non-hydrogen) atoms. The van der Waals surface area contributed by atoms with Crippen LogP contribution in [-0.2, 0) is 21.0 Å². The summed E-state index contributed by atoms with van der Waals surface area (Å²) < 4.78 is 11.7. The van der Waals surface area contributed by atoms with E-state index in [2.05, 4.69) is 5.32 Å². The number of hydrogen-bond donors (Lipinski definition) is 2. The Hall–Kier alpha value is -4.77. The fourth-order valence-electron chi connectivity index (χ4n) is 5.43. The number of ether oxygens (including phenoxy) is 2. The molecule has 0 aliphatic carbocycles. The van der Waals surface area contributed by atoms with Gasteiger partial charge in [-0.3, -0.25) is 29.8 Å². The van der Waals surface area contributed by atoms with E-state index in [9.17, 15) is 29.6 Å². The number of anilines is 1. The zero-order valence-corrected chi connectivity index (χ0v) is 21.1. The van der Waals surface area contributed by atoms with Gasteiger partial charge < -0.3 is 14.6 Å². The number of nitrogens with zero attached hydrogens (tertiary/aromatic N) is 2. The van der Waals surface area contributed by atoms with E-state index in [1.54, 1.807) is 18.2 Å². The fourth-order valence-corrected chi connectivity index (χ4v) is 5.43. The van der Waals surface area contributed by atoms with Gasteiger partial charge in [0, 0.05) is 23.7 Å². The molecule has 2 amide bonds. The van der Waals surface area contributed by atoms with Crippen molar-refractivity contribution in [3.63, 3.8) is 0 Å². The van der Waals surface area contributed by atoms with Crippen molar-refractivity contribution in [2.24, 2.45) is 11.8 Å². The minimum atomic E-state index is -1.81. The van der Waals surface area contributed by atoms with Crippen molar-refractivity contribution in [3.05, 3.63) is 94.0 Å². The Morgan fingerprint density at radius 2 is 1.79 bits per heavy atom. The maximum absolute atomic E-state index is 13.8. The number of fused-ring (bicyclic) bond motifs is 1. The third-order valence-electron chi connectivity index (χ3n) is 7.32. The molecule has 200 valence electrons. The number of hydrogen-bond acceptors (Lipinski definition) is 8. The number of imide groups is 1. The Labute approximate surface area is 223 Å². The quantitative estimate of drug-likeness (QED) is 0.253. The first kappa shape index (κ1) is 25.9. The second-order valence-corrected chi connectivity index (χ2v) is 9.57. The summed E-state index contributed by atoms with van der Waals surface area (Å²) in [5.74, 6) is -4.44. The molecule has 11 nitrogen and oxygen atoms in total. The standard InChI is InChI=1S/C28H25N3O8/c1-28(27(34)35)22-21(25(32)30(26(22)33)17-10-6-11-18(14-17)31(36)37)23(29-28)19-12-7-13-20(38-2)24(19)39-15-16-8-4-3-5-9-16/h3-14,21-23,29H,15H2,1-2H3,(H,34,35). The van der Waals surface area contributed by atoms with E-state index in [0.717, 1.165) is 16.5 Å². The van der Waals surface area contributed by atoms with Crippen LogP contribution in [-0.4, -0.2) is 40.5 Å². The van der Waals surface area contributed by atoms with Gasteiger partial charge in [0.25, 0.3) is 5.69 Å². The van der Waals surface area contributed by atoms with E-state index in [1.165, 1.54) is 32.2 Å². The van der Waals surface area contributed by atoms with Crippen molar-refractivity contribution in [2.75, 3.05) is 12.0 Å².